The molecule has 1 aromatic rings. The molecule has 0 atom stereocenters. The fraction of sp³-hybridized carbons (Fsp3) is 0.824. The molecule has 0 aromatic carbocycles. The number of oxazole rings is 1. The maximum Gasteiger partial charge on any atom is 0.194 e. The van der Waals surface area contributed by atoms with Crippen molar-refractivity contribution in [3.05, 3.63) is 17.8 Å². The van der Waals surface area contributed by atoms with Crippen molar-refractivity contribution in [3.63, 3.8) is 0 Å². The largest absolute Gasteiger partial charge is 0.445 e. The number of hydrogen-bond donors (Lipinski definition) is 1. The topological polar surface area (TPSA) is 38.1 Å². The van der Waals surface area contributed by atoms with E-state index in [2.05, 4.69) is 31.1 Å². The van der Waals surface area contributed by atoms with Gasteiger partial charge in [0.05, 0.1) is 6.20 Å². The molecule has 0 aliphatic heterocycles. The summed E-state index contributed by atoms with van der Waals surface area (Å²) in [5.74, 6) is 2.75. The summed E-state index contributed by atoms with van der Waals surface area (Å²) >= 11 is 0. The third-order valence-corrected chi connectivity index (χ3v) is 4.40. The zero-order valence-corrected chi connectivity index (χ0v) is 13.4. The first-order valence-corrected chi connectivity index (χ1v) is 8.26. The average Bonchev–Trinajstić information content (AvgIpc) is 2.88. The van der Waals surface area contributed by atoms with Crippen LogP contribution in [0.25, 0.3) is 0 Å². The van der Waals surface area contributed by atoms with E-state index in [1.807, 2.05) is 6.20 Å². The van der Waals surface area contributed by atoms with Gasteiger partial charge in [0, 0.05) is 11.8 Å². The molecule has 3 heteroatoms. The van der Waals surface area contributed by atoms with Crippen LogP contribution in [0.5, 0.6) is 0 Å². The Morgan fingerprint density at radius 3 is 2.75 bits per heavy atom. The quantitative estimate of drug-likeness (QED) is 0.764. The molecule has 0 bridgehead atoms. The summed E-state index contributed by atoms with van der Waals surface area (Å²) in [6.07, 6.45) is 10.5. The molecule has 0 unspecified atom stereocenters. The van der Waals surface area contributed by atoms with Crippen LogP contribution in [0, 0.1) is 5.92 Å². The standard InChI is InChI=1S/C17H30N2O/c1-14(2)12-18-11-7-8-16-19-13-15(20-16)17(3)9-5-4-6-10-17/h13-14,18H,4-12H2,1-3H3. The lowest BCUT2D eigenvalue weighted by molar-refractivity contribution is 0.260. The van der Waals surface area contributed by atoms with E-state index in [-0.39, 0.29) is 5.41 Å². The van der Waals surface area contributed by atoms with Crippen molar-refractivity contribution >= 4 is 0 Å². The highest BCUT2D eigenvalue weighted by atomic mass is 16.4. The van der Waals surface area contributed by atoms with Crippen molar-refractivity contribution in [2.24, 2.45) is 5.92 Å². The highest BCUT2D eigenvalue weighted by molar-refractivity contribution is 5.11. The van der Waals surface area contributed by atoms with Crippen LogP contribution in [0.2, 0.25) is 0 Å². The molecule has 1 saturated carbocycles. The Kier molecular flexibility index (Phi) is 5.64. The summed E-state index contributed by atoms with van der Waals surface area (Å²) < 4.78 is 6.01. The minimum absolute atomic E-state index is 0.236. The van der Waals surface area contributed by atoms with Crippen LogP contribution in [-0.4, -0.2) is 18.1 Å². The van der Waals surface area contributed by atoms with E-state index < -0.39 is 0 Å². The normalized spacial score (nSPS) is 18.6. The number of nitrogens with zero attached hydrogens (tertiary/aromatic N) is 1. The van der Waals surface area contributed by atoms with Crippen LogP contribution < -0.4 is 5.32 Å². The third-order valence-electron chi connectivity index (χ3n) is 4.40. The second-order valence-electron chi connectivity index (χ2n) is 6.94. The lowest BCUT2D eigenvalue weighted by Gasteiger charge is -2.30. The van der Waals surface area contributed by atoms with Crippen LogP contribution in [0.3, 0.4) is 0 Å². The van der Waals surface area contributed by atoms with Gasteiger partial charge in [-0.25, -0.2) is 4.98 Å². The van der Waals surface area contributed by atoms with Gasteiger partial charge in [-0.2, -0.15) is 0 Å². The van der Waals surface area contributed by atoms with E-state index in [9.17, 15) is 0 Å². The van der Waals surface area contributed by atoms with Gasteiger partial charge in [-0.1, -0.05) is 40.0 Å². The molecule has 0 radical (unpaired) electrons. The number of aryl methyl sites for hydroxylation is 1. The molecule has 1 fully saturated rings. The van der Waals surface area contributed by atoms with Crippen molar-refractivity contribution in [1.82, 2.24) is 10.3 Å². The molecular weight excluding hydrogens is 248 g/mol. The van der Waals surface area contributed by atoms with Crippen molar-refractivity contribution in [3.8, 4) is 0 Å². The molecule has 1 aromatic heterocycles. The lowest BCUT2D eigenvalue weighted by Crippen LogP contribution is -2.24. The third kappa shape index (κ3) is 4.34. The molecule has 0 spiro atoms. The molecule has 0 saturated heterocycles. The SMILES string of the molecule is CC(C)CNCCCc1ncc(C2(C)CCCCC2)o1. The van der Waals surface area contributed by atoms with Crippen LogP contribution in [-0.2, 0) is 11.8 Å². The fourth-order valence-corrected chi connectivity index (χ4v) is 3.04. The Bertz CT molecular complexity index is 391. The van der Waals surface area contributed by atoms with E-state index in [4.69, 9.17) is 4.42 Å². The Hall–Kier alpha value is -0.830. The van der Waals surface area contributed by atoms with Gasteiger partial charge in [-0.3, -0.25) is 0 Å². The van der Waals surface area contributed by atoms with Crippen LogP contribution in [0.4, 0.5) is 0 Å². The van der Waals surface area contributed by atoms with E-state index >= 15 is 0 Å². The summed E-state index contributed by atoms with van der Waals surface area (Å²) in [4.78, 5) is 4.47. The van der Waals surface area contributed by atoms with E-state index in [1.54, 1.807) is 0 Å². The second kappa shape index (κ2) is 7.26. The smallest absolute Gasteiger partial charge is 0.194 e. The van der Waals surface area contributed by atoms with Crippen molar-refractivity contribution in [2.75, 3.05) is 13.1 Å². The molecule has 0 amide bonds. The Morgan fingerprint density at radius 1 is 1.30 bits per heavy atom. The fourth-order valence-electron chi connectivity index (χ4n) is 3.04. The molecule has 1 heterocycles. The highest BCUT2D eigenvalue weighted by Crippen LogP contribution is 2.39. The molecule has 114 valence electrons. The Morgan fingerprint density at radius 2 is 2.05 bits per heavy atom. The molecule has 1 aliphatic carbocycles. The van der Waals surface area contributed by atoms with Gasteiger partial charge in [0.15, 0.2) is 5.89 Å². The number of nitrogens with one attached hydrogen (secondary N) is 1. The maximum atomic E-state index is 6.01. The molecule has 20 heavy (non-hydrogen) atoms. The molecule has 1 N–H and O–H groups in total. The van der Waals surface area contributed by atoms with Gasteiger partial charge in [-0.05, 0) is 38.3 Å². The monoisotopic (exact) mass is 278 g/mol. The Labute approximate surface area is 123 Å². The first kappa shape index (κ1) is 15.6. The van der Waals surface area contributed by atoms with Crippen molar-refractivity contribution < 1.29 is 4.42 Å². The summed E-state index contributed by atoms with van der Waals surface area (Å²) in [6, 6.07) is 0. The van der Waals surface area contributed by atoms with Gasteiger partial charge < -0.3 is 9.73 Å². The first-order valence-electron chi connectivity index (χ1n) is 8.26. The van der Waals surface area contributed by atoms with Gasteiger partial charge >= 0.3 is 0 Å². The van der Waals surface area contributed by atoms with E-state index in [0.29, 0.717) is 0 Å². The van der Waals surface area contributed by atoms with Gasteiger partial charge in [0.2, 0.25) is 0 Å². The van der Waals surface area contributed by atoms with Crippen molar-refractivity contribution in [2.45, 2.75) is 71.1 Å². The van der Waals surface area contributed by atoms with Crippen LogP contribution >= 0.6 is 0 Å². The predicted molar refractivity (Wildman–Crippen MR) is 83.0 cm³/mol. The highest BCUT2D eigenvalue weighted by Gasteiger charge is 2.32. The average molecular weight is 278 g/mol. The minimum Gasteiger partial charge on any atom is -0.445 e. The summed E-state index contributed by atoms with van der Waals surface area (Å²) in [6.45, 7) is 8.94. The number of aromatic nitrogens is 1. The van der Waals surface area contributed by atoms with Crippen LogP contribution in [0.15, 0.2) is 10.6 Å². The zero-order chi connectivity index (χ0) is 14.4. The van der Waals surface area contributed by atoms with E-state index in [1.165, 1.54) is 32.1 Å². The molecule has 1 aliphatic rings. The predicted octanol–water partition coefficient (Wildman–Crippen LogP) is 4.07. The van der Waals surface area contributed by atoms with Crippen molar-refractivity contribution in [1.29, 1.82) is 0 Å². The number of rotatable bonds is 7. The minimum atomic E-state index is 0.236. The molecule has 2 rings (SSSR count). The van der Waals surface area contributed by atoms with Crippen LogP contribution in [0.1, 0.15) is 70.9 Å². The van der Waals surface area contributed by atoms with Gasteiger partial charge in [-0.15, -0.1) is 0 Å². The lowest BCUT2D eigenvalue weighted by atomic mass is 9.74. The van der Waals surface area contributed by atoms with Gasteiger partial charge in [0.25, 0.3) is 0 Å². The summed E-state index contributed by atoms with van der Waals surface area (Å²) in [5, 5.41) is 3.46. The Balaban J connectivity index is 1.77. The second-order valence-corrected chi connectivity index (χ2v) is 6.94. The molecule has 3 nitrogen and oxygen atoms in total. The summed E-state index contributed by atoms with van der Waals surface area (Å²) in [7, 11) is 0. The molecular formula is C17H30N2O. The zero-order valence-electron chi connectivity index (χ0n) is 13.4. The maximum absolute atomic E-state index is 6.01. The number of hydrogen-bond acceptors (Lipinski definition) is 3. The summed E-state index contributed by atoms with van der Waals surface area (Å²) in [5.41, 5.74) is 0.236. The van der Waals surface area contributed by atoms with Gasteiger partial charge in [0.1, 0.15) is 5.76 Å². The first-order chi connectivity index (χ1) is 9.60. The van der Waals surface area contributed by atoms with E-state index in [0.717, 1.165) is 43.5 Å².